The number of hydrogen-bond acceptors (Lipinski definition) is 3. The first-order chi connectivity index (χ1) is 10.1. The van der Waals surface area contributed by atoms with Gasteiger partial charge in [0.25, 0.3) is 5.91 Å². The second kappa shape index (κ2) is 9.16. The summed E-state index contributed by atoms with van der Waals surface area (Å²) in [6.45, 7) is 5.18. The summed E-state index contributed by atoms with van der Waals surface area (Å²) < 4.78 is 4.65. The number of hydrogen-bond donors (Lipinski definition) is 0. The fourth-order valence-corrected chi connectivity index (χ4v) is 2.16. The summed E-state index contributed by atoms with van der Waals surface area (Å²) in [6, 6.07) is 7.55. The predicted octanol–water partition coefficient (Wildman–Crippen LogP) is 3.19. The molecule has 1 rings (SSSR count). The summed E-state index contributed by atoms with van der Waals surface area (Å²) in [5.74, 6) is -0.300. The third-order valence-electron chi connectivity index (χ3n) is 3.40. The molecule has 0 fully saturated rings. The molecule has 0 radical (unpaired) electrons. The maximum Gasteiger partial charge on any atom is 0.307 e. The van der Waals surface area contributed by atoms with Crippen LogP contribution in [-0.2, 0) is 9.53 Å². The Bertz CT molecular complexity index is 471. The Morgan fingerprint density at radius 1 is 1.19 bits per heavy atom. The van der Waals surface area contributed by atoms with Crippen LogP contribution in [0.25, 0.3) is 0 Å². The van der Waals surface area contributed by atoms with E-state index in [2.05, 4.69) is 11.7 Å². The topological polar surface area (TPSA) is 46.6 Å². The van der Waals surface area contributed by atoms with Crippen LogP contribution in [0.1, 0.15) is 48.5 Å². The number of carbonyl (C=O) groups excluding carboxylic acids is 2. The van der Waals surface area contributed by atoms with Gasteiger partial charge in [0, 0.05) is 18.7 Å². The minimum Gasteiger partial charge on any atom is -0.469 e. The van der Waals surface area contributed by atoms with Gasteiger partial charge in [0.05, 0.1) is 13.5 Å². The van der Waals surface area contributed by atoms with Gasteiger partial charge >= 0.3 is 5.97 Å². The summed E-state index contributed by atoms with van der Waals surface area (Å²) in [7, 11) is 1.37. The standard InChI is InChI=1S/C17H25NO3/c1-4-5-6-11-18(12-10-16(19)21-3)17(20)15-9-7-8-14(2)13-15/h7-9,13H,4-6,10-12H2,1-3H3. The van der Waals surface area contributed by atoms with E-state index in [0.29, 0.717) is 18.7 Å². The van der Waals surface area contributed by atoms with E-state index in [1.165, 1.54) is 7.11 Å². The zero-order valence-corrected chi connectivity index (χ0v) is 13.2. The molecule has 0 aliphatic carbocycles. The van der Waals surface area contributed by atoms with Crippen LogP contribution in [0.2, 0.25) is 0 Å². The van der Waals surface area contributed by atoms with Gasteiger partial charge in [-0.05, 0) is 25.5 Å². The zero-order chi connectivity index (χ0) is 15.7. The van der Waals surface area contributed by atoms with Gasteiger partial charge in [0.15, 0.2) is 0 Å². The Hall–Kier alpha value is -1.84. The molecule has 0 aromatic heterocycles. The maximum atomic E-state index is 12.6. The molecule has 0 saturated heterocycles. The number of ether oxygens (including phenoxy) is 1. The molecule has 4 nitrogen and oxygen atoms in total. The lowest BCUT2D eigenvalue weighted by Gasteiger charge is -2.22. The van der Waals surface area contributed by atoms with Crippen LogP contribution < -0.4 is 0 Å². The Balaban J connectivity index is 2.73. The number of aryl methyl sites for hydroxylation is 1. The van der Waals surface area contributed by atoms with Crippen LogP contribution in [0.3, 0.4) is 0 Å². The third-order valence-corrected chi connectivity index (χ3v) is 3.40. The lowest BCUT2D eigenvalue weighted by atomic mass is 10.1. The van der Waals surface area contributed by atoms with Crippen LogP contribution >= 0.6 is 0 Å². The minimum absolute atomic E-state index is 0.0151. The van der Waals surface area contributed by atoms with Gasteiger partial charge in [-0.15, -0.1) is 0 Å². The second-order valence-electron chi connectivity index (χ2n) is 5.19. The molecule has 0 unspecified atom stereocenters. The van der Waals surface area contributed by atoms with Crippen molar-refractivity contribution in [3.63, 3.8) is 0 Å². The first-order valence-corrected chi connectivity index (χ1v) is 7.51. The molecule has 0 aliphatic rings. The Morgan fingerprint density at radius 3 is 2.57 bits per heavy atom. The molecular weight excluding hydrogens is 266 g/mol. The molecule has 1 amide bonds. The van der Waals surface area contributed by atoms with E-state index in [1.54, 1.807) is 4.90 Å². The molecule has 0 heterocycles. The van der Waals surface area contributed by atoms with Crippen molar-refractivity contribution in [2.24, 2.45) is 0 Å². The van der Waals surface area contributed by atoms with Crippen LogP contribution in [-0.4, -0.2) is 37.0 Å². The van der Waals surface area contributed by atoms with Crippen LogP contribution in [0.15, 0.2) is 24.3 Å². The number of carbonyl (C=O) groups is 2. The fraction of sp³-hybridized carbons (Fsp3) is 0.529. The summed E-state index contributed by atoms with van der Waals surface area (Å²) in [6.07, 6.45) is 3.37. The van der Waals surface area contributed by atoms with E-state index in [4.69, 9.17) is 0 Å². The van der Waals surface area contributed by atoms with E-state index in [9.17, 15) is 9.59 Å². The fourth-order valence-electron chi connectivity index (χ4n) is 2.16. The minimum atomic E-state index is -0.285. The average Bonchev–Trinajstić information content (AvgIpc) is 2.49. The van der Waals surface area contributed by atoms with E-state index in [-0.39, 0.29) is 18.3 Å². The van der Waals surface area contributed by atoms with Gasteiger partial charge in [-0.25, -0.2) is 0 Å². The Morgan fingerprint density at radius 2 is 1.95 bits per heavy atom. The van der Waals surface area contributed by atoms with Crippen LogP contribution in [0.5, 0.6) is 0 Å². The number of amides is 1. The van der Waals surface area contributed by atoms with Gasteiger partial charge in [-0.1, -0.05) is 37.5 Å². The van der Waals surface area contributed by atoms with Crippen molar-refractivity contribution in [1.82, 2.24) is 4.90 Å². The highest BCUT2D eigenvalue weighted by Crippen LogP contribution is 2.10. The summed E-state index contributed by atoms with van der Waals surface area (Å²) >= 11 is 0. The van der Waals surface area contributed by atoms with Crippen LogP contribution in [0.4, 0.5) is 0 Å². The van der Waals surface area contributed by atoms with Gasteiger partial charge in [0.2, 0.25) is 0 Å². The van der Waals surface area contributed by atoms with E-state index >= 15 is 0 Å². The Kier molecular flexibility index (Phi) is 7.51. The second-order valence-corrected chi connectivity index (χ2v) is 5.19. The quantitative estimate of drug-likeness (QED) is 0.546. The molecule has 0 N–H and O–H groups in total. The van der Waals surface area contributed by atoms with Crippen molar-refractivity contribution in [3.05, 3.63) is 35.4 Å². The van der Waals surface area contributed by atoms with Crippen molar-refractivity contribution in [2.75, 3.05) is 20.2 Å². The van der Waals surface area contributed by atoms with E-state index in [0.717, 1.165) is 24.8 Å². The average molecular weight is 291 g/mol. The summed E-state index contributed by atoms with van der Waals surface area (Å²) in [5, 5.41) is 0. The van der Waals surface area contributed by atoms with Crippen molar-refractivity contribution < 1.29 is 14.3 Å². The van der Waals surface area contributed by atoms with Crippen molar-refractivity contribution in [1.29, 1.82) is 0 Å². The highest BCUT2D eigenvalue weighted by molar-refractivity contribution is 5.94. The van der Waals surface area contributed by atoms with Gasteiger partial charge in [0.1, 0.15) is 0 Å². The third kappa shape index (κ3) is 5.98. The lowest BCUT2D eigenvalue weighted by molar-refractivity contribution is -0.140. The Labute approximate surface area is 127 Å². The number of methoxy groups -OCH3 is 1. The van der Waals surface area contributed by atoms with E-state index in [1.807, 2.05) is 31.2 Å². The van der Waals surface area contributed by atoms with Gasteiger partial charge in [-0.3, -0.25) is 9.59 Å². The van der Waals surface area contributed by atoms with Crippen molar-refractivity contribution in [2.45, 2.75) is 39.5 Å². The van der Waals surface area contributed by atoms with Gasteiger partial charge in [-0.2, -0.15) is 0 Å². The molecule has 0 atom stereocenters. The first-order valence-electron chi connectivity index (χ1n) is 7.51. The monoisotopic (exact) mass is 291 g/mol. The number of unbranched alkanes of at least 4 members (excludes halogenated alkanes) is 2. The summed E-state index contributed by atoms with van der Waals surface area (Å²) in [4.78, 5) is 25.6. The molecule has 0 saturated carbocycles. The summed E-state index contributed by atoms with van der Waals surface area (Å²) in [5.41, 5.74) is 1.73. The molecular formula is C17H25NO3. The SMILES string of the molecule is CCCCCN(CCC(=O)OC)C(=O)c1cccc(C)c1. The number of nitrogens with zero attached hydrogens (tertiary/aromatic N) is 1. The van der Waals surface area contributed by atoms with Crippen LogP contribution in [0, 0.1) is 6.92 Å². The zero-order valence-electron chi connectivity index (χ0n) is 13.2. The molecule has 1 aromatic rings. The number of rotatable bonds is 8. The molecule has 21 heavy (non-hydrogen) atoms. The molecule has 4 heteroatoms. The highest BCUT2D eigenvalue weighted by atomic mass is 16.5. The highest BCUT2D eigenvalue weighted by Gasteiger charge is 2.16. The van der Waals surface area contributed by atoms with E-state index < -0.39 is 0 Å². The first kappa shape index (κ1) is 17.2. The number of benzene rings is 1. The lowest BCUT2D eigenvalue weighted by Crippen LogP contribution is -2.34. The normalized spacial score (nSPS) is 10.2. The molecule has 0 bridgehead atoms. The molecule has 116 valence electrons. The smallest absolute Gasteiger partial charge is 0.307 e. The maximum absolute atomic E-state index is 12.6. The van der Waals surface area contributed by atoms with Crippen molar-refractivity contribution >= 4 is 11.9 Å². The number of esters is 1. The van der Waals surface area contributed by atoms with Crippen molar-refractivity contribution in [3.8, 4) is 0 Å². The molecule has 0 aliphatic heterocycles. The van der Waals surface area contributed by atoms with Gasteiger partial charge < -0.3 is 9.64 Å². The molecule has 0 spiro atoms. The largest absolute Gasteiger partial charge is 0.469 e. The predicted molar refractivity (Wildman–Crippen MR) is 83.2 cm³/mol. The molecule has 1 aromatic carbocycles.